The first-order valence-corrected chi connectivity index (χ1v) is 6.05. The Morgan fingerprint density at radius 3 is 2.47 bits per heavy atom. The van der Waals surface area contributed by atoms with Gasteiger partial charge in [-0.2, -0.15) is 18.3 Å². The quantitative estimate of drug-likeness (QED) is 0.727. The summed E-state index contributed by atoms with van der Waals surface area (Å²) in [6, 6.07) is 6.50. The van der Waals surface area contributed by atoms with Crippen molar-refractivity contribution < 1.29 is 13.2 Å². The lowest BCUT2D eigenvalue weighted by atomic mass is 10.3. The van der Waals surface area contributed by atoms with Gasteiger partial charge in [-0.1, -0.05) is 22.0 Å². The lowest BCUT2D eigenvalue weighted by Gasteiger charge is -2.11. The van der Waals surface area contributed by atoms with Gasteiger partial charge in [-0.25, -0.2) is 4.68 Å². The van der Waals surface area contributed by atoms with Crippen LogP contribution in [0, 0.1) is 0 Å². The molecule has 0 N–H and O–H groups in total. The molecule has 0 unspecified atom stereocenters. The van der Waals surface area contributed by atoms with E-state index in [2.05, 4.69) is 37.0 Å². The number of aromatic nitrogens is 2. The van der Waals surface area contributed by atoms with Crippen molar-refractivity contribution in [2.24, 2.45) is 0 Å². The highest BCUT2D eigenvalue weighted by molar-refractivity contribution is 9.10. The molecule has 0 aliphatic heterocycles. The van der Waals surface area contributed by atoms with Gasteiger partial charge in [-0.15, -0.1) is 0 Å². The predicted molar refractivity (Wildman–Crippen MR) is 64.0 cm³/mol. The monoisotopic (exact) mass is 368 g/mol. The van der Waals surface area contributed by atoms with Crippen molar-refractivity contribution in [2.75, 3.05) is 0 Å². The molecule has 2 nitrogen and oxygen atoms in total. The number of alkyl halides is 3. The third-order valence-electron chi connectivity index (χ3n) is 2.05. The Labute approximate surface area is 112 Å². The van der Waals surface area contributed by atoms with Gasteiger partial charge < -0.3 is 0 Å². The maximum Gasteiger partial charge on any atom is 0.434 e. The molecule has 2 rings (SSSR count). The summed E-state index contributed by atoms with van der Waals surface area (Å²) < 4.78 is 39.9. The molecule has 2 aromatic rings. The van der Waals surface area contributed by atoms with Gasteiger partial charge in [0.25, 0.3) is 0 Å². The molecule has 0 saturated heterocycles. The van der Waals surface area contributed by atoms with Crippen LogP contribution in [0.25, 0.3) is 5.69 Å². The molecular weight excluding hydrogens is 365 g/mol. The second-order valence-electron chi connectivity index (χ2n) is 3.23. The van der Waals surface area contributed by atoms with E-state index < -0.39 is 11.9 Å². The Morgan fingerprint density at radius 2 is 1.88 bits per heavy atom. The number of hydrogen-bond donors (Lipinski definition) is 0. The van der Waals surface area contributed by atoms with E-state index in [4.69, 9.17) is 0 Å². The maximum absolute atomic E-state index is 12.8. The smallest absolute Gasteiger partial charge is 0.227 e. The maximum atomic E-state index is 12.8. The van der Waals surface area contributed by atoms with E-state index >= 15 is 0 Å². The normalized spacial score (nSPS) is 11.8. The summed E-state index contributed by atoms with van der Waals surface area (Å²) in [6.07, 6.45) is -3.33. The van der Waals surface area contributed by atoms with Crippen molar-refractivity contribution in [1.29, 1.82) is 0 Å². The van der Waals surface area contributed by atoms with Crippen LogP contribution in [0.4, 0.5) is 13.2 Å². The summed E-state index contributed by atoms with van der Waals surface area (Å²) in [6.45, 7) is 0. The summed E-state index contributed by atoms with van der Waals surface area (Å²) in [7, 11) is 0. The summed E-state index contributed by atoms with van der Waals surface area (Å²) in [4.78, 5) is 0. The van der Waals surface area contributed by atoms with E-state index in [1.807, 2.05) is 0 Å². The van der Waals surface area contributed by atoms with Crippen molar-refractivity contribution >= 4 is 31.9 Å². The van der Waals surface area contributed by atoms with Crippen LogP contribution in [0.3, 0.4) is 0 Å². The average Bonchev–Trinajstić information content (AvgIpc) is 2.59. The molecule has 0 saturated carbocycles. The van der Waals surface area contributed by atoms with Crippen LogP contribution in [0.15, 0.2) is 39.4 Å². The molecule has 90 valence electrons. The molecular formula is C10H5Br2F3N2. The Morgan fingerprint density at radius 1 is 1.18 bits per heavy atom. The topological polar surface area (TPSA) is 17.8 Å². The number of nitrogens with zero attached hydrogens (tertiary/aromatic N) is 2. The zero-order valence-corrected chi connectivity index (χ0v) is 11.3. The van der Waals surface area contributed by atoms with E-state index in [9.17, 15) is 13.2 Å². The number of rotatable bonds is 1. The Kier molecular flexibility index (Phi) is 3.31. The summed E-state index contributed by atoms with van der Waals surface area (Å²) in [5.74, 6) is 0. The molecule has 1 aromatic heterocycles. The molecule has 1 aromatic carbocycles. The van der Waals surface area contributed by atoms with E-state index in [0.717, 1.165) is 10.9 Å². The fourth-order valence-corrected chi connectivity index (χ4v) is 2.26. The molecule has 0 aliphatic carbocycles. The zero-order chi connectivity index (χ0) is 12.6. The standard InChI is InChI=1S/C10H5Br2F3N2/c11-6-2-1-3-7(4-6)17-9(10(13,14)15)8(12)5-16-17/h1-5H. The second kappa shape index (κ2) is 4.45. The molecule has 0 aliphatic rings. The molecule has 0 atom stereocenters. The summed E-state index contributed by atoms with van der Waals surface area (Å²) in [5.41, 5.74) is -0.479. The van der Waals surface area contributed by atoms with Gasteiger partial charge in [0.15, 0.2) is 5.69 Å². The van der Waals surface area contributed by atoms with Crippen LogP contribution in [-0.4, -0.2) is 9.78 Å². The fraction of sp³-hybridized carbons (Fsp3) is 0.100. The van der Waals surface area contributed by atoms with Crippen molar-refractivity contribution in [2.45, 2.75) is 6.18 Å². The molecule has 7 heteroatoms. The molecule has 1 heterocycles. The number of halogens is 5. The van der Waals surface area contributed by atoms with Crippen LogP contribution in [0.2, 0.25) is 0 Å². The first-order chi connectivity index (χ1) is 7.89. The highest BCUT2D eigenvalue weighted by Crippen LogP contribution is 2.36. The Bertz CT molecular complexity index is 549. The van der Waals surface area contributed by atoms with E-state index in [0.29, 0.717) is 10.2 Å². The van der Waals surface area contributed by atoms with Gasteiger partial charge >= 0.3 is 6.18 Å². The second-order valence-corrected chi connectivity index (χ2v) is 5.00. The van der Waals surface area contributed by atoms with Crippen molar-refractivity contribution in [1.82, 2.24) is 9.78 Å². The van der Waals surface area contributed by atoms with Crippen LogP contribution in [0.5, 0.6) is 0 Å². The van der Waals surface area contributed by atoms with E-state index in [-0.39, 0.29) is 4.47 Å². The van der Waals surface area contributed by atoms with Gasteiger partial charge in [-0.05, 0) is 34.1 Å². The number of hydrogen-bond acceptors (Lipinski definition) is 1. The third-order valence-corrected chi connectivity index (χ3v) is 3.12. The highest BCUT2D eigenvalue weighted by Gasteiger charge is 2.38. The van der Waals surface area contributed by atoms with E-state index in [1.54, 1.807) is 24.3 Å². The lowest BCUT2D eigenvalue weighted by molar-refractivity contribution is -0.143. The SMILES string of the molecule is FC(F)(F)c1c(Br)cnn1-c1cccc(Br)c1. The third kappa shape index (κ3) is 2.55. The molecule has 0 radical (unpaired) electrons. The Balaban J connectivity index is 2.61. The lowest BCUT2D eigenvalue weighted by Crippen LogP contribution is -2.13. The molecule has 0 spiro atoms. The molecule has 0 bridgehead atoms. The zero-order valence-electron chi connectivity index (χ0n) is 8.17. The minimum absolute atomic E-state index is 0.0787. The summed E-state index contributed by atoms with van der Waals surface area (Å²) >= 11 is 6.06. The molecule has 0 fully saturated rings. The first-order valence-electron chi connectivity index (χ1n) is 4.46. The fourth-order valence-electron chi connectivity index (χ4n) is 1.39. The van der Waals surface area contributed by atoms with Crippen LogP contribution < -0.4 is 0 Å². The van der Waals surface area contributed by atoms with Gasteiger partial charge in [0.2, 0.25) is 0 Å². The van der Waals surface area contributed by atoms with Gasteiger partial charge in [0.05, 0.1) is 16.4 Å². The largest absolute Gasteiger partial charge is 0.434 e. The van der Waals surface area contributed by atoms with Crippen LogP contribution >= 0.6 is 31.9 Å². The molecule has 0 amide bonds. The van der Waals surface area contributed by atoms with Crippen LogP contribution in [0.1, 0.15) is 5.69 Å². The first kappa shape index (κ1) is 12.6. The highest BCUT2D eigenvalue weighted by atomic mass is 79.9. The van der Waals surface area contributed by atoms with Crippen molar-refractivity contribution in [3.05, 3.63) is 45.1 Å². The van der Waals surface area contributed by atoms with Crippen molar-refractivity contribution in [3.63, 3.8) is 0 Å². The van der Waals surface area contributed by atoms with Gasteiger partial charge in [0.1, 0.15) is 0 Å². The number of benzene rings is 1. The summed E-state index contributed by atoms with van der Waals surface area (Å²) in [5, 5.41) is 3.72. The minimum Gasteiger partial charge on any atom is -0.227 e. The minimum atomic E-state index is -4.46. The Hall–Kier alpha value is -0.820. The van der Waals surface area contributed by atoms with Crippen molar-refractivity contribution in [3.8, 4) is 5.69 Å². The predicted octanol–water partition coefficient (Wildman–Crippen LogP) is 4.42. The van der Waals surface area contributed by atoms with Gasteiger partial charge in [0, 0.05) is 4.47 Å². The van der Waals surface area contributed by atoms with E-state index in [1.165, 1.54) is 0 Å². The molecule has 17 heavy (non-hydrogen) atoms. The van der Waals surface area contributed by atoms with Gasteiger partial charge in [-0.3, -0.25) is 0 Å². The average molecular weight is 370 g/mol. The van der Waals surface area contributed by atoms with Crippen LogP contribution in [-0.2, 0) is 6.18 Å².